The van der Waals surface area contributed by atoms with E-state index in [1.165, 1.54) is 6.07 Å². The third-order valence-electron chi connectivity index (χ3n) is 2.02. The number of benzene rings is 1. The van der Waals surface area contributed by atoms with Gasteiger partial charge in [0, 0.05) is 12.1 Å². The molecule has 0 spiro atoms. The molecule has 98 valence electrons. The van der Waals surface area contributed by atoms with Crippen LogP contribution in [-0.2, 0) is 0 Å². The summed E-state index contributed by atoms with van der Waals surface area (Å²) in [5.41, 5.74) is -0.981. The predicted octanol–water partition coefficient (Wildman–Crippen LogP) is 3.11. The van der Waals surface area contributed by atoms with Gasteiger partial charge < -0.3 is 4.74 Å². The van der Waals surface area contributed by atoms with E-state index in [9.17, 15) is 18.9 Å². The Morgan fingerprint density at radius 3 is 2.58 bits per heavy atom. The number of aromatic nitrogens is 2. The fourth-order valence-electron chi connectivity index (χ4n) is 1.22. The van der Waals surface area contributed by atoms with Gasteiger partial charge in [0.2, 0.25) is 11.7 Å². The van der Waals surface area contributed by atoms with Crippen LogP contribution in [-0.4, -0.2) is 14.9 Å². The number of nitro benzene ring substituents is 1. The fraction of sp³-hybridized carbons (Fsp3) is 0. The summed E-state index contributed by atoms with van der Waals surface area (Å²) in [6.45, 7) is 0. The van der Waals surface area contributed by atoms with E-state index in [1.807, 2.05) is 0 Å². The zero-order chi connectivity index (χ0) is 14.0. The average molecular weight is 288 g/mol. The van der Waals surface area contributed by atoms with Crippen LogP contribution in [0.15, 0.2) is 24.5 Å². The molecule has 6 nitrogen and oxygen atoms in total. The normalized spacial score (nSPS) is 10.3. The van der Waals surface area contributed by atoms with Crippen molar-refractivity contribution in [3.8, 4) is 11.6 Å². The molecular weight excluding hydrogens is 284 g/mol. The summed E-state index contributed by atoms with van der Waals surface area (Å²) in [4.78, 5) is 16.6. The second-order valence-electron chi connectivity index (χ2n) is 3.27. The van der Waals surface area contributed by atoms with Gasteiger partial charge >= 0.3 is 5.69 Å². The lowest BCUT2D eigenvalue weighted by molar-refractivity contribution is -0.387. The maximum atomic E-state index is 13.5. The SMILES string of the molecule is O=[N+]([O-])c1cc(F)c(Oc2cc(Cl)ncn2)cc1F. The molecule has 1 aromatic heterocycles. The molecule has 0 bridgehead atoms. The van der Waals surface area contributed by atoms with Crippen molar-refractivity contribution in [1.82, 2.24) is 9.97 Å². The Hall–Kier alpha value is -2.35. The molecule has 0 aliphatic rings. The Kier molecular flexibility index (Phi) is 3.52. The predicted molar refractivity (Wildman–Crippen MR) is 60.1 cm³/mol. The Balaban J connectivity index is 2.36. The molecule has 0 saturated carbocycles. The van der Waals surface area contributed by atoms with Crippen molar-refractivity contribution in [3.05, 3.63) is 51.4 Å². The van der Waals surface area contributed by atoms with Crippen LogP contribution < -0.4 is 4.74 Å². The van der Waals surface area contributed by atoms with Crippen LogP contribution in [0.2, 0.25) is 5.15 Å². The highest BCUT2D eigenvalue weighted by atomic mass is 35.5. The van der Waals surface area contributed by atoms with Crippen LogP contribution in [0.4, 0.5) is 14.5 Å². The lowest BCUT2D eigenvalue weighted by Gasteiger charge is -2.05. The molecule has 1 aromatic carbocycles. The van der Waals surface area contributed by atoms with E-state index >= 15 is 0 Å². The maximum absolute atomic E-state index is 13.5. The summed E-state index contributed by atoms with van der Waals surface area (Å²) in [6.07, 6.45) is 1.07. The molecule has 0 fully saturated rings. The highest BCUT2D eigenvalue weighted by molar-refractivity contribution is 6.29. The number of hydrogen-bond donors (Lipinski definition) is 0. The maximum Gasteiger partial charge on any atom is 0.307 e. The summed E-state index contributed by atoms with van der Waals surface area (Å²) in [6, 6.07) is 2.16. The van der Waals surface area contributed by atoms with Gasteiger partial charge in [-0.1, -0.05) is 11.6 Å². The van der Waals surface area contributed by atoms with Crippen LogP contribution >= 0.6 is 11.6 Å². The van der Waals surface area contributed by atoms with Crippen LogP contribution in [0.25, 0.3) is 0 Å². The number of rotatable bonds is 3. The molecule has 19 heavy (non-hydrogen) atoms. The average Bonchev–Trinajstić information content (AvgIpc) is 2.33. The number of halogens is 3. The van der Waals surface area contributed by atoms with Gasteiger partial charge in [-0.05, 0) is 0 Å². The molecule has 0 aliphatic heterocycles. The van der Waals surface area contributed by atoms with Crippen molar-refractivity contribution in [3.63, 3.8) is 0 Å². The Labute approximate surface area is 109 Å². The van der Waals surface area contributed by atoms with E-state index in [0.29, 0.717) is 12.1 Å². The topological polar surface area (TPSA) is 78.2 Å². The van der Waals surface area contributed by atoms with E-state index in [2.05, 4.69) is 9.97 Å². The Morgan fingerprint density at radius 2 is 1.95 bits per heavy atom. The number of nitro groups is 1. The Bertz CT molecular complexity index is 654. The highest BCUT2D eigenvalue weighted by Gasteiger charge is 2.20. The quantitative estimate of drug-likeness (QED) is 0.492. The van der Waals surface area contributed by atoms with Gasteiger partial charge in [-0.25, -0.2) is 14.4 Å². The van der Waals surface area contributed by atoms with Crippen molar-refractivity contribution in [2.45, 2.75) is 0 Å². The Morgan fingerprint density at radius 1 is 1.21 bits per heavy atom. The molecule has 0 radical (unpaired) electrons. The largest absolute Gasteiger partial charge is 0.436 e. The van der Waals surface area contributed by atoms with E-state index in [4.69, 9.17) is 16.3 Å². The first kappa shape index (κ1) is 13.1. The van der Waals surface area contributed by atoms with Gasteiger partial charge in [-0.3, -0.25) is 10.1 Å². The van der Waals surface area contributed by atoms with E-state index < -0.39 is 28.0 Å². The van der Waals surface area contributed by atoms with Crippen molar-refractivity contribution in [1.29, 1.82) is 0 Å². The van der Waals surface area contributed by atoms with Gasteiger partial charge in [0.25, 0.3) is 0 Å². The number of hydrogen-bond acceptors (Lipinski definition) is 5. The summed E-state index contributed by atoms with van der Waals surface area (Å²) in [5.74, 6) is -2.98. The fourth-order valence-corrected chi connectivity index (χ4v) is 1.36. The molecule has 2 aromatic rings. The van der Waals surface area contributed by atoms with Crippen molar-refractivity contribution < 1.29 is 18.4 Å². The number of nitrogens with zero attached hydrogens (tertiary/aromatic N) is 3. The minimum Gasteiger partial charge on any atom is -0.436 e. The monoisotopic (exact) mass is 287 g/mol. The summed E-state index contributed by atoms with van der Waals surface area (Å²) in [7, 11) is 0. The molecule has 0 unspecified atom stereocenters. The van der Waals surface area contributed by atoms with Crippen LogP contribution in [0.5, 0.6) is 11.6 Å². The van der Waals surface area contributed by atoms with Crippen LogP contribution in [0.1, 0.15) is 0 Å². The standard InChI is InChI=1S/C10H4ClF2N3O3/c11-9-3-10(15-4-14-9)19-8-2-5(12)7(16(17)18)1-6(8)13/h1-4H. The molecule has 1 heterocycles. The van der Waals surface area contributed by atoms with E-state index in [0.717, 1.165) is 6.33 Å². The molecular formula is C10H4ClF2N3O3. The second kappa shape index (κ2) is 5.11. The third-order valence-corrected chi connectivity index (χ3v) is 2.23. The van der Waals surface area contributed by atoms with Gasteiger partial charge in [-0.2, -0.15) is 4.39 Å². The van der Waals surface area contributed by atoms with Crippen molar-refractivity contribution in [2.24, 2.45) is 0 Å². The van der Waals surface area contributed by atoms with Gasteiger partial charge in [0.1, 0.15) is 11.5 Å². The first-order valence-electron chi connectivity index (χ1n) is 4.76. The summed E-state index contributed by atoms with van der Waals surface area (Å²) < 4.78 is 31.8. The lowest BCUT2D eigenvalue weighted by atomic mass is 10.3. The molecule has 0 amide bonds. The minimum atomic E-state index is -1.22. The zero-order valence-corrected chi connectivity index (χ0v) is 9.77. The molecule has 9 heteroatoms. The van der Waals surface area contributed by atoms with Crippen molar-refractivity contribution >= 4 is 17.3 Å². The second-order valence-corrected chi connectivity index (χ2v) is 3.66. The van der Waals surface area contributed by atoms with Gasteiger partial charge in [0.15, 0.2) is 11.6 Å². The third kappa shape index (κ3) is 2.91. The van der Waals surface area contributed by atoms with E-state index in [-0.39, 0.29) is 11.0 Å². The molecule has 0 saturated heterocycles. The smallest absolute Gasteiger partial charge is 0.307 e. The van der Waals surface area contributed by atoms with Crippen molar-refractivity contribution in [2.75, 3.05) is 0 Å². The van der Waals surface area contributed by atoms with Crippen LogP contribution in [0.3, 0.4) is 0 Å². The summed E-state index contributed by atoms with van der Waals surface area (Å²) >= 11 is 5.56. The number of ether oxygens (including phenoxy) is 1. The highest BCUT2D eigenvalue weighted by Crippen LogP contribution is 2.29. The zero-order valence-electron chi connectivity index (χ0n) is 9.01. The van der Waals surface area contributed by atoms with Gasteiger partial charge in [-0.15, -0.1) is 0 Å². The molecule has 0 aliphatic carbocycles. The molecule has 2 rings (SSSR count). The minimum absolute atomic E-state index is 0.0489. The van der Waals surface area contributed by atoms with E-state index in [1.54, 1.807) is 0 Å². The molecule has 0 N–H and O–H groups in total. The first-order chi connectivity index (χ1) is 8.97. The lowest BCUT2D eigenvalue weighted by Crippen LogP contribution is -1.97. The molecule has 0 atom stereocenters. The summed E-state index contributed by atoms with van der Waals surface area (Å²) in [5, 5.41) is 10.5. The first-order valence-corrected chi connectivity index (χ1v) is 5.14. The van der Waals surface area contributed by atoms with Crippen LogP contribution in [0, 0.1) is 21.7 Å². The van der Waals surface area contributed by atoms with Gasteiger partial charge in [0.05, 0.1) is 11.0 Å².